The van der Waals surface area contributed by atoms with Crippen molar-refractivity contribution >= 4 is 21.3 Å². The first kappa shape index (κ1) is 14.7. The number of hydrogen-bond acceptors (Lipinski definition) is 3. The van der Waals surface area contributed by atoms with Gasteiger partial charge in [0.15, 0.2) is 0 Å². The molecular formula is C14H19O3P. The van der Waals surface area contributed by atoms with Crippen molar-refractivity contribution in [1.82, 2.24) is 0 Å². The molecule has 1 aromatic carbocycles. The van der Waals surface area contributed by atoms with Gasteiger partial charge in [0.25, 0.3) is 0 Å². The molecule has 0 aliphatic heterocycles. The first-order chi connectivity index (χ1) is 8.71. The quantitative estimate of drug-likeness (QED) is 0.451. The number of rotatable bonds is 6. The average molecular weight is 266 g/mol. The summed E-state index contributed by atoms with van der Waals surface area (Å²) in [7, 11) is 5.74. The molecule has 1 aromatic rings. The molecule has 98 valence electrons. The molecule has 0 amide bonds. The van der Waals surface area contributed by atoms with E-state index in [0.29, 0.717) is 0 Å². The predicted octanol–water partition coefficient (Wildman–Crippen LogP) is 2.69. The van der Waals surface area contributed by atoms with Crippen molar-refractivity contribution in [3.63, 3.8) is 0 Å². The third-order valence-electron chi connectivity index (χ3n) is 2.57. The predicted molar refractivity (Wildman–Crippen MR) is 76.9 cm³/mol. The molecule has 0 fully saturated rings. The van der Waals surface area contributed by atoms with Crippen LogP contribution in [0.2, 0.25) is 0 Å². The highest BCUT2D eigenvalue weighted by molar-refractivity contribution is 7.16. The van der Waals surface area contributed by atoms with Crippen molar-refractivity contribution in [3.05, 3.63) is 35.4 Å². The molecule has 0 spiro atoms. The minimum absolute atomic E-state index is 0.360. The van der Waals surface area contributed by atoms with Crippen molar-refractivity contribution in [2.24, 2.45) is 0 Å². The Morgan fingerprint density at radius 3 is 2.78 bits per heavy atom. The van der Waals surface area contributed by atoms with Gasteiger partial charge in [-0.3, -0.25) is 0 Å². The molecule has 0 aliphatic rings. The summed E-state index contributed by atoms with van der Waals surface area (Å²) in [5.74, 6) is 0.501. The Balaban J connectivity index is 2.84. The Bertz CT molecular complexity index is 427. The summed E-state index contributed by atoms with van der Waals surface area (Å²) in [4.78, 5) is 11.0. The summed E-state index contributed by atoms with van der Waals surface area (Å²) in [6, 6.07) is 5.94. The lowest BCUT2D eigenvalue weighted by Gasteiger charge is -2.08. The van der Waals surface area contributed by atoms with Crippen LogP contribution >= 0.6 is 9.24 Å². The Morgan fingerprint density at radius 1 is 1.39 bits per heavy atom. The largest absolute Gasteiger partial charge is 0.496 e. The molecule has 0 radical (unpaired) electrons. The van der Waals surface area contributed by atoms with Gasteiger partial charge in [0.05, 0.1) is 14.2 Å². The summed E-state index contributed by atoms with van der Waals surface area (Å²) in [5.41, 5.74) is 2.11. The summed E-state index contributed by atoms with van der Waals surface area (Å²) >= 11 is 0. The van der Waals surface area contributed by atoms with Crippen molar-refractivity contribution < 1.29 is 14.3 Å². The van der Waals surface area contributed by atoms with E-state index < -0.39 is 0 Å². The number of benzene rings is 1. The minimum Gasteiger partial charge on any atom is -0.496 e. The van der Waals surface area contributed by atoms with E-state index in [0.717, 1.165) is 30.3 Å². The van der Waals surface area contributed by atoms with Crippen LogP contribution in [0.5, 0.6) is 5.75 Å². The molecule has 4 heteroatoms. The number of hydrogen-bond donors (Lipinski definition) is 0. The second kappa shape index (κ2) is 7.88. The number of carbonyl (C=O) groups is 1. The van der Waals surface area contributed by atoms with E-state index >= 15 is 0 Å². The van der Waals surface area contributed by atoms with Crippen LogP contribution in [0.25, 0.3) is 6.08 Å². The van der Waals surface area contributed by atoms with Crippen molar-refractivity contribution in [3.8, 4) is 5.75 Å². The van der Waals surface area contributed by atoms with Gasteiger partial charge in [0.1, 0.15) is 5.75 Å². The smallest absolute Gasteiger partial charge is 0.330 e. The van der Waals surface area contributed by atoms with Gasteiger partial charge < -0.3 is 9.47 Å². The van der Waals surface area contributed by atoms with E-state index in [1.54, 1.807) is 13.2 Å². The van der Waals surface area contributed by atoms with Crippen molar-refractivity contribution in [2.45, 2.75) is 12.8 Å². The van der Waals surface area contributed by atoms with Crippen LogP contribution in [0, 0.1) is 0 Å². The molecule has 0 bridgehead atoms. The molecule has 0 saturated carbocycles. The zero-order valence-corrected chi connectivity index (χ0v) is 12.0. The van der Waals surface area contributed by atoms with E-state index in [1.807, 2.05) is 18.2 Å². The van der Waals surface area contributed by atoms with Crippen LogP contribution < -0.4 is 4.74 Å². The fraction of sp³-hybridized carbons (Fsp3) is 0.357. The van der Waals surface area contributed by atoms with Gasteiger partial charge in [-0.05, 0) is 42.3 Å². The molecule has 1 rings (SSSR count). The maximum Gasteiger partial charge on any atom is 0.330 e. The fourth-order valence-corrected chi connectivity index (χ4v) is 1.80. The van der Waals surface area contributed by atoms with E-state index in [-0.39, 0.29) is 5.97 Å². The van der Waals surface area contributed by atoms with Crippen LogP contribution in [0.15, 0.2) is 24.3 Å². The Morgan fingerprint density at radius 2 is 2.17 bits per heavy atom. The van der Waals surface area contributed by atoms with Gasteiger partial charge in [-0.1, -0.05) is 12.1 Å². The molecule has 0 N–H and O–H groups in total. The second-order valence-electron chi connectivity index (χ2n) is 3.82. The average Bonchev–Trinajstić information content (AvgIpc) is 2.42. The molecule has 1 atom stereocenters. The normalized spacial score (nSPS) is 10.6. The zero-order chi connectivity index (χ0) is 13.4. The maximum absolute atomic E-state index is 11.0. The fourth-order valence-electron chi connectivity index (χ4n) is 1.60. The van der Waals surface area contributed by atoms with Crippen LogP contribution in [0.1, 0.15) is 17.5 Å². The molecule has 3 nitrogen and oxygen atoms in total. The molecular weight excluding hydrogens is 247 g/mol. The Kier molecular flexibility index (Phi) is 6.45. The molecule has 0 aliphatic carbocycles. The highest BCUT2D eigenvalue weighted by atomic mass is 31.0. The molecule has 0 saturated heterocycles. The highest BCUT2D eigenvalue weighted by Gasteiger charge is 2.03. The van der Waals surface area contributed by atoms with Crippen molar-refractivity contribution in [1.29, 1.82) is 0 Å². The first-order valence-corrected chi connectivity index (χ1v) is 6.66. The van der Waals surface area contributed by atoms with Gasteiger partial charge in [0.2, 0.25) is 0 Å². The molecule has 0 aromatic heterocycles. The molecule has 1 unspecified atom stereocenters. The lowest BCUT2D eigenvalue weighted by atomic mass is 10.1. The molecule has 0 heterocycles. The third-order valence-corrected chi connectivity index (χ3v) is 2.98. The summed E-state index contributed by atoms with van der Waals surface area (Å²) in [6.07, 6.45) is 6.30. The monoisotopic (exact) mass is 266 g/mol. The first-order valence-electron chi connectivity index (χ1n) is 5.84. The number of methoxy groups -OCH3 is 2. The standard InChI is InChI=1S/C14H19O3P/c1-16-13-10-11(6-8-14(15)17-2)5-7-12(13)4-3-9-18/h5-8,10H,3-4,9,18H2,1-2H3/b8-6+. The van der Waals surface area contributed by atoms with Crippen LogP contribution in [-0.2, 0) is 16.0 Å². The van der Waals surface area contributed by atoms with Gasteiger partial charge in [0, 0.05) is 6.08 Å². The van der Waals surface area contributed by atoms with Crippen LogP contribution in [0.3, 0.4) is 0 Å². The van der Waals surface area contributed by atoms with Gasteiger partial charge >= 0.3 is 5.97 Å². The Labute approximate surface area is 110 Å². The van der Waals surface area contributed by atoms with Crippen LogP contribution in [0.4, 0.5) is 0 Å². The van der Waals surface area contributed by atoms with Gasteiger partial charge in [-0.25, -0.2) is 4.79 Å². The van der Waals surface area contributed by atoms with E-state index in [9.17, 15) is 4.79 Å². The summed E-state index contributed by atoms with van der Waals surface area (Å²) < 4.78 is 9.91. The van der Waals surface area contributed by atoms with E-state index in [4.69, 9.17) is 4.74 Å². The van der Waals surface area contributed by atoms with Crippen LogP contribution in [-0.4, -0.2) is 26.4 Å². The third kappa shape index (κ3) is 4.50. The highest BCUT2D eigenvalue weighted by Crippen LogP contribution is 2.22. The number of ether oxygens (including phenoxy) is 2. The summed E-state index contributed by atoms with van der Waals surface area (Å²) in [6.45, 7) is 0. The topological polar surface area (TPSA) is 35.5 Å². The molecule has 18 heavy (non-hydrogen) atoms. The lowest BCUT2D eigenvalue weighted by Crippen LogP contribution is -1.95. The SMILES string of the molecule is COC(=O)/C=C/c1ccc(CCCP)c(OC)c1. The number of aryl methyl sites for hydroxylation is 1. The minimum atomic E-state index is -0.360. The number of carbonyl (C=O) groups excluding carboxylic acids is 1. The second-order valence-corrected chi connectivity index (χ2v) is 4.40. The van der Waals surface area contributed by atoms with Gasteiger partial charge in [-0.2, -0.15) is 0 Å². The van der Waals surface area contributed by atoms with E-state index in [1.165, 1.54) is 18.7 Å². The van der Waals surface area contributed by atoms with E-state index in [2.05, 4.69) is 14.0 Å². The Hall–Kier alpha value is -1.34. The maximum atomic E-state index is 11.0. The lowest BCUT2D eigenvalue weighted by molar-refractivity contribution is -0.134. The number of esters is 1. The van der Waals surface area contributed by atoms with Gasteiger partial charge in [-0.15, -0.1) is 9.24 Å². The zero-order valence-electron chi connectivity index (χ0n) is 10.8. The summed E-state index contributed by atoms with van der Waals surface area (Å²) in [5, 5.41) is 0. The van der Waals surface area contributed by atoms with Crippen molar-refractivity contribution in [2.75, 3.05) is 20.4 Å².